The van der Waals surface area contributed by atoms with Crippen molar-refractivity contribution in [3.8, 4) is 0 Å². The number of imidazole rings is 1. The second kappa shape index (κ2) is 10.7. The molecule has 34 heavy (non-hydrogen) atoms. The number of fused-ring (bicyclic) bond motifs is 1. The number of aryl methyl sites for hydroxylation is 2. The Hall–Kier alpha value is -3.45. The van der Waals surface area contributed by atoms with E-state index in [1.807, 2.05) is 60.8 Å². The molecule has 0 spiro atoms. The lowest BCUT2D eigenvalue weighted by Gasteiger charge is -2.21. The molecule has 1 unspecified atom stereocenters. The van der Waals surface area contributed by atoms with Crippen molar-refractivity contribution in [1.82, 2.24) is 15.3 Å². The van der Waals surface area contributed by atoms with E-state index in [2.05, 4.69) is 40.5 Å². The molecule has 176 valence electrons. The smallest absolute Gasteiger partial charge is 0.251 e. The van der Waals surface area contributed by atoms with Gasteiger partial charge in [0.05, 0.1) is 17.1 Å². The van der Waals surface area contributed by atoms with Gasteiger partial charge in [-0.2, -0.15) is 0 Å². The van der Waals surface area contributed by atoms with Crippen LogP contribution in [0.1, 0.15) is 59.9 Å². The molecule has 0 saturated heterocycles. The number of carbonyl (C=O) groups is 2. The molecule has 2 aromatic heterocycles. The average Bonchev–Trinajstić information content (AvgIpc) is 3.51. The maximum atomic E-state index is 13.0. The number of amides is 2. The molecule has 0 radical (unpaired) electrons. The van der Waals surface area contributed by atoms with E-state index in [-0.39, 0.29) is 17.9 Å². The minimum atomic E-state index is -0.0830. The first-order chi connectivity index (χ1) is 16.4. The van der Waals surface area contributed by atoms with Crippen molar-refractivity contribution in [1.29, 1.82) is 0 Å². The Morgan fingerprint density at radius 1 is 1.06 bits per heavy atom. The van der Waals surface area contributed by atoms with E-state index in [9.17, 15) is 9.59 Å². The molecule has 0 aliphatic rings. The van der Waals surface area contributed by atoms with Crippen molar-refractivity contribution in [2.45, 2.75) is 46.1 Å². The van der Waals surface area contributed by atoms with Crippen LogP contribution in [0.15, 0.2) is 60.0 Å². The van der Waals surface area contributed by atoms with E-state index in [4.69, 9.17) is 0 Å². The van der Waals surface area contributed by atoms with Gasteiger partial charge in [-0.25, -0.2) is 4.98 Å². The lowest BCUT2D eigenvalue weighted by Crippen LogP contribution is -2.31. The summed E-state index contributed by atoms with van der Waals surface area (Å²) < 4.78 is 0. The summed E-state index contributed by atoms with van der Waals surface area (Å²) in [5, 5.41) is 8.08. The Kier molecular flexibility index (Phi) is 7.43. The largest absolute Gasteiger partial charge is 0.344 e. The molecule has 6 nitrogen and oxygen atoms in total. The Labute approximate surface area is 203 Å². The molecule has 7 heteroatoms. The van der Waals surface area contributed by atoms with Crippen LogP contribution in [0.25, 0.3) is 11.0 Å². The van der Waals surface area contributed by atoms with Crippen LogP contribution < -0.4 is 10.6 Å². The van der Waals surface area contributed by atoms with Gasteiger partial charge >= 0.3 is 0 Å². The predicted octanol–water partition coefficient (Wildman–Crippen LogP) is 5.89. The minimum Gasteiger partial charge on any atom is -0.344 e. The van der Waals surface area contributed by atoms with Crippen LogP contribution in [0.4, 0.5) is 5.69 Å². The summed E-state index contributed by atoms with van der Waals surface area (Å²) >= 11 is 1.66. The summed E-state index contributed by atoms with van der Waals surface area (Å²) in [6.45, 7) is 6.06. The minimum absolute atomic E-state index is 0.00863. The van der Waals surface area contributed by atoms with E-state index in [1.165, 1.54) is 5.56 Å². The number of hydrogen-bond donors (Lipinski definition) is 3. The number of carbonyl (C=O) groups excluding carboxylic acids is 2. The summed E-state index contributed by atoms with van der Waals surface area (Å²) in [7, 11) is 0. The fourth-order valence-corrected chi connectivity index (χ4v) is 4.80. The van der Waals surface area contributed by atoms with Crippen molar-refractivity contribution in [3.63, 3.8) is 0 Å². The second-order valence-electron chi connectivity index (χ2n) is 8.72. The first-order valence-corrected chi connectivity index (χ1v) is 12.5. The number of nitrogens with zero attached hydrogens (tertiary/aromatic N) is 1. The van der Waals surface area contributed by atoms with Gasteiger partial charge in [0.2, 0.25) is 5.91 Å². The van der Waals surface area contributed by atoms with Gasteiger partial charge in [-0.3, -0.25) is 9.59 Å². The number of hydrogen-bond acceptors (Lipinski definition) is 4. The number of thiophene rings is 1. The predicted molar refractivity (Wildman–Crippen MR) is 138 cm³/mol. The molecular formula is C27H30N4O2S. The number of benzene rings is 2. The summed E-state index contributed by atoms with van der Waals surface area (Å²) in [6, 6.07) is 17.6. The fraction of sp³-hybridized carbons (Fsp3) is 0.296. The summed E-state index contributed by atoms with van der Waals surface area (Å²) in [4.78, 5) is 33.7. The van der Waals surface area contributed by atoms with Crippen molar-refractivity contribution in [3.05, 3.63) is 81.8 Å². The van der Waals surface area contributed by atoms with Crippen molar-refractivity contribution in [2.75, 3.05) is 5.32 Å². The molecule has 2 aromatic carbocycles. The van der Waals surface area contributed by atoms with Gasteiger partial charge in [-0.05, 0) is 59.7 Å². The molecule has 3 N–H and O–H groups in total. The third kappa shape index (κ3) is 5.72. The molecule has 4 aromatic rings. The van der Waals surface area contributed by atoms with Crippen molar-refractivity contribution < 1.29 is 9.59 Å². The average molecular weight is 475 g/mol. The van der Waals surface area contributed by atoms with Crippen LogP contribution in [0, 0.1) is 5.92 Å². The van der Waals surface area contributed by atoms with Crippen LogP contribution in [0.5, 0.6) is 0 Å². The number of nitrogens with one attached hydrogen (secondary N) is 3. The SMILES string of the molecule is CCC(=O)Nc1ccc(CCc2nc3ccc(C(=O)NC(c4cccs4)C(C)C)cc3[nH]2)cc1. The normalized spacial score (nSPS) is 12.1. The van der Waals surface area contributed by atoms with Gasteiger partial charge in [-0.15, -0.1) is 11.3 Å². The molecular weight excluding hydrogens is 444 g/mol. The lowest BCUT2D eigenvalue weighted by atomic mass is 10.0. The van der Waals surface area contributed by atoms with Gasteiger partial charge in [0, 0.05) is 29.0 Å². The third-order valence-corrected chi connectivity index (χ3v) is 6.76. The van der Waals surface area contributed by atoms with E-state index in [1.54, 1.807) is 11.3 Å². The first kappa shape index (κ1) is 23.7. The number of rotatable bonds is 9. The van der Waals surface area contributed by atoms with Crippen LogP contribution in [0.2, 0.25) is 0 Å². The van der Waals surface area contributed by atoms with E-state index >= 15 is 0 Å². The second-order valence-corrected chi connectivity index (χ2v) is 9.70. The Bertz CT molecular complexity index is 1260. The molecule has 0 aliphatic heterocycles. The van der Waals surface area contributed by atoms with Crippen LogP contribution in [0.3, 0.4) is 0 Å². The summed E-state index contributed by atoms with van der Waals surface area (Å²) in [6.07, 6.45) is 2.04. The maximum absolute atomic E-state index is 13.0. The summed E-state index contributed by atoms with van der Waals surface area (Å²) in [5.74, 6) is 1.10. The lowest BCUT2D eigenvalue weighted by molar-refractivity contribution is -0.115. The highest BCUT2D eigenvalue weighted by Crippen LogP contribution is 2.26. The highest BCUT2D eigenvalue weighted by atomic mass is 32.1. The Morgan fingerprint density at radius 3 is 2.53 bits per heavy atom. The van der Waals surface area contributed by atoms with Gasteiger partial charge in [0.25, 0.3) is 5.91 Å². The van der Waals surface area contributed by atoms with E-state index in [0.717, 1.165) is 40.3 Å². The zero-order valence-corrected chi connectivity index (χ0v) is 20.5. The zero-order valence-electron chi connectivity index (χ0n) is 19.7. The van der Waals surface area contributed by atoms with Crippen molar-refractivity contribution in [2.24, 2.45) is 5.92 Å². The van der Waals surface area contributed by atoms with Gasteiger partial charge in [0.15, 0.2) is 0 Å². The molecule has 0 aliphatic carbocycles. The summed E-state index contributed by atoms with van der Waals surface area (Å²) in [5.41, 5.74) is 4.31. The molecule has 2 heterocycles. The van der Waals surface area contributed by atoms with Gasteiger partial charge in [0.1, 0.15) is 5.82 Å². The quantitative estimate of drug-likeness (QED) is 0.283. The molecule has 0 fully saturated rings. The standard InChI is InChI=1S/C27H30N4O2S/c1-4-25(32)28-20-11-7-18(8-12-20)9-14-24-29-21-13-10-19(16-22(21)30-24)27(33)31-26(17(2)3)23-6-5-15-34-23/h5-8,10-13,15-17,26H,4,9,14H2,1-3H3,(H,28,32)(H,29,30)(H,31,33). The molecule has 2 amide bonds. The Balaban J connectivity index is 1.41. The zero-order chi connectivity index (χ0) is 24.1. The fourth-order valence-electron chi connectivity index (χ4n) is 3.85. The molecule has 1 atom stereocenters. The number of aromatic nitrogens is 2. The highest BCUT2D eigenvalue weighted by molar-refractivity contribution is 7.10. The number of H-pyrrole nitrogens is 1. The Morgan fingerprint density at radius 2 is 1.85 bits per heavy atom. The molecule has 0 saturated carbocycles. The van der Waals surface area contributed by atoms with Gasteiger partial charge < -0.3 is 15.6 Å². The van der Waals surface area contributed by atoms with E-state index < -0.39 is 0 Å². The molecule has 4 rings (SSSR count). The maximum Gasteiger partial charge on any atom is 0.251 e. The van der Waals surface area contributed by atoms with Gasteiger partial charge in [-0.1, -0.05) is 39.0 Å². The number of aromatic amines is 1. The van der Waals surface area contributed by atoms with Crippen LogP contribution in [-0.2, 0) is 17.6 Å². The van der Waals surface area contributed by atoms with Crippen LogP contribution in [-0.4, -0.2) is 21.8 Å². The topological polar surface area (TPSA) is 86.9 Å². The number of anilines is 1. The molecule has 0 bridgehead atoms. The monoisotopic (exact) mass is 474 g/mol. The van der Waals surface area contributed by atoms with Crippen molar-refractivity contribution >= 4 is 39.9 Å². The van der Waals surface area contributed by atoms with Crippen LogP contribution >= 0.6 is 11.3 Å². The third-order valence-electron chi connectivity index (χ3n) is 5.81. The van der Waals surface area contributed by atoms with E-state index in [0.29, 0.717) is 17.9 Å². The highest BCUT2D eigenvalue weighted by Gasteiger charge is 2.20. The first-order valence-electron chi connectivity index (χ1n) is 11.6.